The smallest absolute Gasteiger partial charge is 0.259 e. The van der Waals surface area contributed by atoms with Crippen LogP contribution in [0.15, 0.2) is 36.5 Å². The second kappa shape index (κ2) is 9.37. The lowest BCUT2D eigenvalue weighted by atomic mass is 9.95. The van der Waals surface area contributed by atoms with Gasteiger partial charge in [-0.2, -0.15) is 0 Å². The summed E-state index contributed by atoms with van der Waals surface area (Å²) in [6.45, 7) is 9.68. The minimum atomic E-state index is -1.06. The Hall–Kier alpha value is -2.55. The average molecular weight is 477 g/mol. The number of rotatable bonds is 4. The Balaban J connectivity index is 1.72. The highest BCUT2D eigenvalue weighted by Gasteiger charge is 2.49. The molecule has 1 aromatic carbocycles. The van der Waals surface area contributed by atoms with Crippen LogP contribution in [0.2, 0.25) is 5.15 Å². The number of hydrogen-bond acceptors (Lipinski definition) is 5. The molecule has 2 amide bonds. The highest BCUT2D eigenvalue weighted by molar-refractivity contribution is 6.29. The molecule has 1 saturated heterocycles. The Labute approximate surface area is 199 Å². The van der Waals surface area contributed by atoms with Crippen molar-refractivity contribution in [2.24, 2.45) is 0 Å². The first kappa shape index (κ1) is 25.1. The molecule has 0 spiro atoms. The third-order valence-corrected chi connectivity index (χ3v) is 6.85. The van der Waals surface area contributed by atoms with Crippen molar-refractivity contribution in [2.45, 2.75) is 45.8 Å². The van der Waals surface area contributed by atoms with E-state index in [2.05, 4.69) is 9.88 Å². The molecule has 0 bridgehead atoms. The predicted octanol–water partition coefficient (Wildman–Crippen LogP) is 3.31. The second-order valence-corrected chi connectivity index (χ2v) is 10.0. The highest BCUT2D eigenvalue weighted by atomic mass is 35.5. The molecule has 1 aromatic heterocycles. The Morgan fingerprint density at radius 2 is 2.00 bits per heavy atom. The molecule has 0 saturated carbocycles. The molecule has 0 radical (unpaired) electrons. The SMILES string of the molecule is C[C@H]1CN(Cc2ccc(N(C)C(=O)c3ccc(Cl)nc3)c(F)c2)CC[N+]1(C(=O)[O-])C(C)(C)C. The largest absolute Gasteiger partial charge is 0.498 e. The summed E-state index contributed by atoms with van der Waals surface area (Å²) in [5.41, 5.74) is 0.725. The van der Waals surface area contributed by atoms with Gasteiger partial charge in [0.25, 0.3) is 12.0 Å². The zero-order chi connectivity index (χ0) is 24.6. The Bertz CT molecular complexity index is 1040. The summed E-state index contributed by atoms with van der Waals surface area (Å²) in [5, 5.41) is 12.3. The van der Waals surface area contributed by atoms with Crippen molar-refractivity contribution < 1.29 is 23.6 Å². The third-order valence-electron chi connectivity index (χ3n) is 6.63. The quantitative estimate of drug-likeness (QED) is 0.500. The second-order valence-electron chi connectivity index (χ2n) is 9.63. The Morgan fingerprint density at radius 1 is 1.30 bits per heavy atom. The van der Waals surface area contributed by atoms with E-state index in [1.807, 2.05) is 27.7 Å². The molecule has 1 fully saturated rings. The number of amides is 2. The fourth-order valence-corrected chi connectivity index (χ4v) is 4.91. The number of quaternary nitrogens is 1. The average Bonchev–Trinajstić information content (AvgIpc) is 2.72. The van der Waals surface area contributed by atoms with Crippen LogP contribution < -0.4 is 10.0 Å². The van der Waals surface area contributed by atoms with Gasteiger partial charge in [-0.1, -0.05) is 17.7 Å². The van der Waals surface area contributed by atoms with Gasteiger partial charge in [-0.25, -0.2) is 9.37 Å². The van der Waals surface area contributed by atoms with Gasteiger partial charge in [-0.3, -0.25) is 14.2 Å². The summed E-state index contributed by atoms with van der Waals surface area (Å²) >= 11 is 5.76. The molecule has 1 aliphatic rings. The van der Waals surface area contributed by atoms with E-state index in [-0.39, 0.29) is 21.4 Å². The van der Waals surface area contributed by atoms with Gasteiger partial charge in [-0.15, -0.1) is 0 Å². The van der Waals surface area contributed by atoms with Crippen LogP contribution >= 0.6 is 11.6 Å². The first-order valence-corrected chi connectivity index (χ1v) is 11.2. The van der Waals surface area contributed by atoms with Gasteiger partial charge in [-0.05, 0) is 57.5 Å². The number of nitrogens with zero attached hydrogens (tertiary/aromatic N) is 4. The van der Waals surface area contributed by atoms with Crippen molar-refractivity contribution >= 4 is 29.3 Å². The molecule has 2 atom stereocenters. The van der Waals surface area contributed by atoms with Crippen LogP contribution in [0.25, 0.3) is 0 Å². The van der Waals surface area contributed by atoms with Gasteiger partial charge in [0.1, 0.15) is 17.0 Å². The first-order chi connectivity index (χ1) is 15.4. The molecular weight excluding hydrogens is 447 g/mol. The van der Waals surface area contributed by atoms with Crippen LogP contribution in [0.4, 0.5) is 14.9 Å². The fourth-order valence-electron chi connectivity index (χ4n) is 4.79. The van der Waals surface area contributed by atoms with Gasteiger partial charge < -0.3 is 14.8 Å². The summed E-state index contributed by atoms with van der Waals surface area (Å²) in [7, 11) is 1.51. The Kier molecular flexibility index (Phi) is 7.12. The van der Waals surface area contributed by atoms with E-state index in [0.29, 0.717) is 31.7 Å². The third kappa shape index (κ3) is 4.88. The fraction of sp³-hybridized carbons (Fsp3) is 0.458. The maximum atomic E-state index is 14.9. The molecule has 1 aliphatic heterocycles. The van der Waals surface area contributed by atoms with Crippen LogP contribution in [0.3, 0.4) is 0 Å². The molecule has 1 unspecified atom stereocenters. The number of piperazine rings is 1. The van der Waals surface area contributed by atoms with Crippen LogP contribution in [-0.4, -0.2) is 64.6 Å². The molecule has 3 rings (SSSR count). The molecule has 178 valence electrons. The predicted molar refractivity (Wildman–Crippen MR) is 123 cm³/mol. The molecule has 0 aliphatic carbocycles. The molecular formula is C24H30ClFN4O3. The van der Waals surface area contributed by atoms with Gasteiger partial charge in [0.15, 0.2) is 0 Å². The zero-order valence-corrected chi connectivity index (χ0v) is 20.4. The minimum Gasteiger partial charge on any atom is -0.498 e. The first-order valence-electron chi connectivity index (χ1n) is 10.9. The van der Waals surface area contributed by atoms with E-state index >= 15 is 0 Å². The standard InChI is InChI=1S/C24H30ClFN4O3/c1-16-14-29(10-11-30(16,23(32)33)24(2,3)4)15-17-6-8-20(19(26)12-17)28(5)22(31)18-7-9-21(25)27-13-18/h6-9,12-13,16H,10-11,14-15H2,1-5H3/t16-,30?/m0/s1. The normalized spacial score (nSPS) is 21.6. The number of halogens is 2. The lowest BCUT2D eigenvalue weighted by Crippen LogP contribution is -2.76. The van der Waals surface area contributed by atoms with Crippen LogP contribution in [0.1, 0.15) is 43.6 Å². The van der Waals surface area contributed by atoms with Gasteiger partial charge in [0, 0.05) is 26.3 Å². The summed E-state index contributed by atoms with van der Waals surface area (Å²) in [5.74, 6) is -0.904. The molecule has 9 heteroatoms. The number of carbonyl (C=O) groups is 2. The maximum Gasteiger partial charge on any atom is 0.259 e. The van der Waals surface area contributed by atoms with E-state index in [9.17, 15) is 19.1 Å². The summed E-state index contributed by atoms with van der Waals surface area (Å²) in [6.07, 6.45) is 0.293. The molecule has 7 nitrogen and oxygen atoms in total. The van der Waals surface area contributed by atoms with E-state index in [4.69, 9.17) is 11.6 Å². The summed E-state index contributed by atoms with van der Waals surface area (Å²) < 4.78 is 14.8. The molecule has 2 aromatic rings. The number of anilines is 1. The number of carbonyl (C=O) groups excluding carboxylic acids is 2. The van der Waals surface area contributed by atoms with Crippen molar-refractivity contribution in [1.29, 1.82) is 0 Å². The van der Waals surface area contributed by atoms with E-state index in [0.717, 1.165) is 5.56 Å². The van der Waals surface area contributed by atoms with Crippen molar-refractivity contribution in [3.8, 4) is 0 Å². The number of hydrogen-bond donors (Lipinski definition) is 0. The highest BCUT2D eigenvalue weighted by Crippen LogP contribution is 2.32. The van der Waals surface area contributed by atoms with E-state index < -0.39 is 23.4 Å². The Morgan fingerprint density at radius 3 is 2.52 bits per heavy atom. The minimum absolute atomic E-state index is 0.108. The van der Waals surface area contributed by atoms with Crippen LogP contribution in [0, 0.1) is 5.82 Å². The zero-order valence-electron chi connectivity index (χ0n) is 19.6. The number of benzene rings is 1. The lowest BCUT2D eigenvalue weighted by molar-refractivity contribution is -0.943. The van der Waals surface area contributed by atoms with Gasteiger partial charge in [0.2, 0.25) is 0 Å². The molecule has 0 N–H and O–H groups in total. The lowest BCUT2D eigenvalue weighted by Gasteiger charge is -2.55. The topological polar surface area (TPSA) is 76.6 Å². The van der Waals surface area contributed by atoms with Crippen LogP contribution in [0.5, 0.6) is 0 Å². The number of carboxylic acid groups (broad SMARTS) is 1. The van der Waals surface area contributed by atoms with E-state index in [1.54, 1.807) is 18.2 Å². The van der Waals surface area contributed by atoms with Crippen LogP contribution in [-0.2, 0) is 6.54 Å². The van der Waals surface area contributed by atoms with Crippen molar-refractivity contribution in [3.63, 3.8) is 0 Å². The number of aromatic nitrogens is 1. The van der Waals surface area contributed by atoms with Gasteiger partial charge >= 0.3 is 0 Å². The molecule has 2 heterocycles. The van der Waals surface area contributed by atoms with Crippen molar-refractivity contribution in [2.75, 3.05) is 31.6 Å². The number of pyridine rings is 1. The molecule has 33 heavy (non-hydrogen) atoms. The summed E-state index contributed by atoms with van der Waals surface area (Å²) in [6, 6.07) is 7.66. The summed E-state index contributed by atoms with van der Waals surface area (Å²) in [4.78, 5) is 32.0. The van der Waals surface area contributed by atoms with Gasteiger partial charge in [0.05, 0.1) is 29.9 Å². The van der Waals surface area contributed by atoms with Crippen molar-refractivity contribution in [3.05, 3.63) is 58.6 Å². The maximum absolute atomic E-state index is 14.9. The van der Waals surface area contributed by atoms with Crippen molar-refractivity contribution in [1.82, 2.24) is 9.88 Å². The van der Waals surface area contributed by atoms with E-state index in [1.165, 1.54) is 30.3 Å². The monoisotopic (exact) mass is 476 g/mol.